The van der Waals surface area contributed by atoms with E-state index in [-0.39, 0.29) is 12.5 Å². The Morgan fingerprint density at radius 3 is 0.953 bits per heavy atom. The van der Waals surface area contributed by atoms with Gasteiger partial charge in [0.25, 0.3) is 0 Å². The van der Waals surface area contributed by atoms with Gasteiger partial charge in [0.1, 0.15) is 0 Å². The smallest absolute Gasteiger partial charge is 0.220 e. The van der Waals surface area contributed by atoms with E-state index in [1.54, 1.807) is 0 Å². The van der Waals surface area contributed by atoms with Crippen LogP contribution in [0.25, 0.3) is 0 Å². The molecule has 4 heteroatoms. The quantitative estimate of drug-likeness (QED) is 0.0421. The van der Waals surface area contributed by atoms with Crippen LogP contribution in [0.1, 0.15) is 322 Å². The van der Waals surface area contributed by atoms with Crippen LogP contribution in [0.2, 0.25) is 0 Å². The van der Waals surface area contributed by atoms with E-state index >= 15 is 0 Å². The number of carbonyl (C=O) groups excluding carboxylic acids is 1. The number of nitrogens with one attached hydrogen (secondary N) is 1. The van der Waals surface area contributed by atoms with E-state index in [1.807, 2.05) is 0 Å². The molecular formula is C60H115NO3. The third-order valence-corrected chi connectivity index (χ3v) is 13.7. The predicted molar refractivity (Wildman–Crippen MR) is 285 cm³/mol. The molecule has 0 radical (unpaired) electrons. The van der Waals surface area contributed by atoms with E-state index in [0.717, 1.165) is 38.5 Å². The maximum Gasteiger partial charge on any atom is 0.220 e. The largest absolute Gasteiger partial charge is 0.394 e. The highest BCUT2D eigenvalue weighted by Gasteiger charge is 2.20. The summed E-state index contributed by atoms with van der Waals surface area (Å²) in [5.41, 5.74) is 0. The number of amides is 1. The van der Waals surface area contributed by atoms with Gasteiger partial charge in [0.15, 0.2) is 0 Å². The lowest BCUT2D eigenvalue weighted by Gasteiger charge is -2.22. The molecule has 4 nitrogen and oxygen atoms in total. The van der Waals surface area contributed by atoms with Crippen molar-refractivity contribution in [2.45, 2.75) is 334 Å². The van der Waals surface area contributed by atoms with Crippen LogP contribution in [0.4, 0.5) is 0 Å². The first-order chi connectivity index (χ1) is 31.7. The molecule has 1 amide bonds. The van der Waals surface area contributed by atoms with Crippen LogP contribution in [0.5, 0.6) is 0 Å². The summed E-state index contributed by atoms with van der Waals surface area (Å²) < 4.78 is 0. The van der Waals surface area contributed by atoms with Crippen molar-refractivity contribution in [3.8, 4) is 0 Å². The lowest BCUT2D eigenvalue weighted by Crippen LogP contribution is -2.45. The fourth-order valence-corrected chi connectivity index (χ4v) is 9.20. The van der Waals surface area contributed by atoms with E-state index < -0.39 is 12.1 Å². The Morgan fingerprint density at radius 1 is 0.375 bits per heavy atom. The molecule has 0 spiro atoms. The fraction of sp³-hybridized carbons (Fsp3) is 0.883. The van der Waals surface area contributed by atoms with E-state index in [0.29, 0.717) is 12.8 Å². The van der Waals surface area contributed by atoms with Crippen LogP contribution in [-0.2, 0) is 4.79 Å². The average molecular weight is 899 g/mol. The summed E-state index contributed by atoms with van der Waals surface area (Å²) in [5.74, 6) is -0.0266. The molecule has 0 aromatic rings. The zero-order valence-electron chi connectivity index (χ0n) is 43.6. The van der Waals surface area contributed by atoms with Crippen molar-refractivity contribution in [3.63, 3.8) is 0 Å². The van der Waals surface area contributed by atoms with Crippen molar-refractivity contribution in [1.82, 2.24) is 5.32 Å². The van der Waals surface area contributed by atoms with Gasteiger partial charge in [-0.05, 0) is 51.4 Å². The van der Waals surface area contributed by atoms with Crippen LogP contribution in [0.3, 0.4) is 0 Å². The average Bonchev–Trinajstić information content (AvgIpc) is 3.30. The number of aliphatic hydroxyl groups excluding tert-OH is 2. The van der Waals surface area contributed by atoms with Gasteiger partial charge in [-0.3, -0.25) is 4.79 Å². The zero-order valence-corrected chi connectivity index (χ0v) is 43.6. The second kappa shape index (κ2) is 55.9. The lowest BCUT2D eigenvalue weighted by atomic mass is 10.0. The summed E-state index contributed by atoms with van der Waals surface area (Å²) in [4.78, 5) is 12.5. The van der Waals surface area contributed by atoms with Crippen LogP contribution >= 0.6 is 0 Å². The Bertz CT molecular complexity index is 974. The molecule has 0 saturated heterocycles. The maximum absolute atomic E-state index is 12.5. The van der Waals surface area contributed by atoms with Crippen LogP contribution < -0.4 is 5.32 Å². The van der Waals surface area contributed by atoms with Gasteiger partial charge in [0.05, 0.1) is 18.8 Å². The maximum atomic E-state index is 12.5. The highest BCUT2D eigenvalue weighted by molar-refractivity contribution is 5.76. The van der Waals surface area contributed by atoms with E-state index in [9.17, 15) is 15.0 Å². The molecule has 0 aliphatic carbocycles. The number of hydrogen-bond acceptors (Lipinski definition) is 3. The van der Waals surface area contributed by atoms with Crippen molar-refractivity contribution in [1.29, 1.82) is 0 Å². The van der Waals surface area contributed by atoms with Crippen molar-refractivity contribution < 1.29 is 15.0 Å². The Hall–Kier alpha value is -1.39. The Labute approximate surface area is 402 Å². The van der Waals surface area contributed by atoms with Crippen molar-refractivity contribution in [3.05, 3.63) is 36.5 Å². The molecule has 0 aromatic heterocycles. The van der Waals surface area contributed by atoms with Gasteiger partial charge in [0, 0.05) is 6.42 Å². The molecular weight excluding hydrogens is 783 g/mol. The van der Waals surface area contributed by atoms with Crippen LogP contribution in [0.15, 0.2) is 36.5 Å². The number of rotatable bonds is 54. The number of aliphatic hydroxyl groups is 2. The van der Waals surface area contributed by atoms with Crippen LogP contribution in [0, 0.1) is 0 Å². The molecule has 378 valence electrons. The number of hydrogen-bond donors (Lipinski definition) is 3. The fourth-order valence-electron chi connectivity index (χ4n) is 9.20. The highest BCUT2D eigenvalue weighted by atomic mass is 16.3. The molecule has 64 heavy (non-hydrogen) atoms. The second-order valence-corrected chi connectivity index (χ2v) is 20.1. The summed E-state index contributed by atoms with van der Waals surface area (Å²) >= 11 is 0. The SMILES string of the molecule is CCCCCCC/C=C\C/C=C\C/C=C\CCCCCCCCCCCCCCCCCCC(=O)NC(CO)C(O)CCCCCCCCCCCCCCCCCCCCCCC. The Balaban J connectivity index is 3.44. The topological polar surface area (TPSA) is 69.6 Å². The minimum absolute atomic E-state index is 0.0266. The van der Waals surface area contributed by atoms with Crippen molar-refractivity contribution >= 4 is 5.91 Å². The van der Waals surface area contributed by atoms with E-state index in [1.165, 1.54) is 257 Å². The summed E-state index contributed by atoms with van der Waals surface area (Å²) in [6, 6.07) is -0.536. The number of carbonyl (C=O) groups is 1. The first-order valence-electron chi connectivity index (χ1n) is 29.2. The highest BCUT2D eigenvalue weighted by Crippen LogP contribution is 2.18. The van der Waals surface area contributed by atoms with Gasteiger partial charge >= 0.3 is 0 Å². The molecule has 0 aliphatic rings. The molecule has 0 aliphatic heterocycles. The molecule has 0 heterocycles. The standard InChI is InChI=1S/C60H115NO3/c1-3-5-7-9-11-13-15-17-19-21-23-25-26-27-28-29-30-31-32-33-34-36-38-40-42-44-46-48-50-52-54-56-60(64)61-58(57-62)59(63)55-53-51-49-47-45-43-41-39-37-35-24-22-20-18-16-14-12-10-8-6-4-2/h15,17,21,23,26-27,58-59,62-63H,3-14,16,18-20,22,24-25,28-57H2,1-2H3,(H,61,64)/b17-15-,23-21-,27-26-. The molecule has 2 unspecified atom stereocenters. The van der Waals surface area contributed by atoms with Crippen molar-refractivity contribution in [2.75, 3.05) is 6.61 Å². The molecule has 3 N–H and O–H groups in total. The Kier molecular flexibility index (Phi) is 54.7. The number of allylic oxidation sites excluding steroid dienone is 6. The zero-order chi connectivity index (χ0) is 46.3. The molecule has 0 aromatic carbocycles. The van der Waals surface area contributed by atoms with Gasteiger partial charge in [-0.2, -0.15) is 0 Å². The third-order valence-electron chi connectivity index (χ3n) is 13.7. The van der Waals surface area contributed by atoms with Gasteiger partial charge in [-0.25, -0.2) is 0 Å². The summed E-state index contributed by atoms with van der Waals surface area (Å²) in [6.45, 7) is 4.38. The van der Waals surface area contributed by atoms with Gasteiger partial charge in [-0.1, -0.05) is 301 Å². The minimum atomic E-state index is -0.659. The minimum Gasteiger partial charge on any atom is -0.394 e. The van der Waals surface area contributed by atoms with E-state index in [4.69, 9.17) is 0 Å². The van der Waals surface area contributed by atoms with Crippen LogP contribution in [-0.4, -0.2) is 34.9 Å². The van der Waals surface area contributed by atoms with Gasteiger partial charge in [0.2, 0.25) is 5.91 Å². The monoisotopic (exact) mass is 898 g/mol. The van der Waals surface area contributed by atoms with Gasteiger partial charge in [-0.15, -0.1) is 0 Å². The first kappa shape index (κ1) is 62.6. The molecule has 0 bridgehead atoms. The predicted octanol–water partition coefficient (Wildman–Crippen LogP) is 19.3. The van der Waals surface area contributed by atoms with Gasteiger partial charge < -0.3 is 15.5 Å². The Morgan fingerprint density at radius 2 is 0.641 bits per heavy atom. The molecule has 0 rings (SSSR count). The number of unbranched alkanes of at least 4 members (excludes halogenated alkanes) is 41. The third kappa shape index (κ3) is 51.6. The summed E-state index contributed by atoms with van der Waals surface area (Å²) in [5, 5.41) is 23.4. The second-order valence-electron chi connectivity index (χ2n) is 20.1. The van der Waals surface area contributed by atoms with Crippen molar-refractivity contribution in [2.24, 2.45) is 0 Å². The molecule has 2 atom stereocenters. The summed E-state index contributed by atoms with van der Waals surface area (Å²) in [7, 11) is 0. The van der Waals surface area contributed by atoms with E-state index in [2.05, 4.69) is 55.6 Å². The normalized spacial score (nSPS) is 13.0. The molecule has 0 saturated carbocycles. The first-order valence-corrected chi connectivity index (χ1v) is 29.2. The molecule has 0 fully saturated rings. The lowest BCUT2D eigenvalue weighted by molar-refractivity contribution is -0.123. The summed E-state index contributed by atoms with van der Waals surface area (Å²) in [6.07, 6.45) is 75.7.